The van der Waals surface area contributed by atoms with Crippen molar-refractivity contribution in [3.05, 3.63) is 72.2 Å². The molecular weight excluding hydrogens is 406 g/mol. The van der Waals surface area contributed by atoms with Crippen molar-refractivity contribution in [1.82, 2.24) is 25.2 Å². The van der Waals surface area contributed by atoms with Crippen molar-refractivity contribution >= 4 is 29.3 Å². The highest BCUT2D eigenvalue weighted by molar-refractivity contribution is 5.96. The van der Waals surface area contributed by atoms with Crippen LogP contribution in [0.1, 0.15) is 16.2 Å². The van der Waals surface area contributed by atoms with Gasteiger partial charge in [0.05, 0.1) is 6.54 Å². The van der Waals surface area contributed by atoms with Crippen LogP contribution >= 0.6 is 0 Å². The molecule has 2 amide bonds. The third kappa shape index (κ3) is 5.37. The Bertz CT molecular complexity index is 1070. The zero-order chi connectivity index (χ0) is 22.3. The van der Waals surface area contributed by atoms with Gasteiger partial charge in [0.1, 0.15) is 23.3 Å². The second kappa shape index (κ2) is 9.86. The van der Waals surface area contributed by atoms with Crippen molar-refractivity contribution in [2.45, 2.75) is 6.92 Å². The summed E-state index contributed by atoms with van der Waals surface area (Å²) < 4.78 is 0. The quantitative estimate of drug-likeness (QED) is 0.615. The number of hydrogen-bond donors (Lipinski definition) is 2. The molecule has 1 aliphatic heterocycles. The number of hydrogen-bond acceptors (Lipinski definition) is 7. The van der Waals surface area contributed by atoms with E-state index in [1.165, 1.54) is 0 Å². The standard InChI is InChI=1S/C23H25N7O2/c1-17-26-20(28-19-9-5-6-10-24-19)15-21(27-17)29-11-13-30(14-12-29)22(31)16-25-23(32)18-7-3-2-4-8-18/h2-10,15H,11-14,16H2,1H3,(H,25,32)(H,24,26,27,28). The zero-order valence-electron chi connectivity index (χ0n) is 17.9. The number of carbonyl (C=O) groups is 2. The molecule has 2 N–H and O–H groups in total. The summed E-state index contributed by atoms with van der Waals surface area (Å²) in [6, 6.07) is 16.4. The Balaban J connectivity index is 1.31. The van der Waals surface area contributed by atoms with E-state index in [9.17, 15) is 9.59 Å². The fraction of sp³-hybridized carbons (Fsp3) is 0.261. The van der Waals surface area contributed by atoms with Crippen molar-refractivity contribution in [3.63, 3.8) is 0 Å². The van der Waals surface area contributed by atoms with Crippen molar-refractivity contribution < 1.29 is 9.59 Å². The van der Waals surface area contributed by atoms with Crippen molar-refractivity contribution in [3.8, 4) is 0 Å². The first kappa shape index (κ1) is 21.2. The van der Waals surface area contributed by atoms with E-state index in [0.717, 1.165) is 5.82 Å². The summed E-state index contributed by atoms with van der Waals surface area (Å²) >= 11 is 0. The van der Waals surface area contributed by atoms with E-state index >= 15 is 0 Å². The van der Waals surface area contributed by atoms with Gasteiger partial charge in [-0.2, -0.15) is 0 Å². The molecule has 0 atom stereocenters. The number of anilines is 3. The average molecular weight is 432 g/mol. The van der Waals surface area contributed by atoms with Crippen LogP contribution in [-0.2, 0) is 4.79 Å². The number of rotatable bonds is 6. The number of pyridine rings is 1. The summed E-state index contributed by atoms with van der Waals surface area (Å²) in [6.45, 7) is 4.26. The number of carbonyl (C=O) groups excluding carboxylic acids is 2. The third-order valence-electron chi connectivity index (χ3n) is 5.14. The summed E-state index contributed by atoms with van der Waals surface area (Å²) in [4.78, 5) is 41.8. The Morgan fingerprint density at radius 2 is 1.69 bits per heavy atom. The van der Waals surface area contributed by atoms with Crippen LogP contribution in [-0.4, -0.2) is 64.4 Å². The monoisotopic (exact) mass is 431 g/mol. The van der Waals surface area contributed by atoms with E-state index in [1.807, 2.05) is 37.3 Å². The second-order valence-corrected chi connectivity index (χ2v) is 7.42. The molecule has 0 radical (unpaired) electrons. The predicted octanol–water partition coefficient (Wildman–Crippen LogP) is 2.00. The van der Waals surface area contributed by atoms with Gasteiger partial charge in [0, 0.05) is 44.0 Å². The lowest BCUT2D eigenvalue weighted by molar-refractivity contribution is -0.130. The number of aromatic nitrogens is 3. The maximum atomic E-state index is 12.5. The first-order valence-corrected chi connectivity index (χ1v) is 10.5. The minimum absolute atomic E-state index is 0.0154. The Labute approximate surface area is 186 Å². The summed E-state index contributed by atoms with van der Waals surface area (Å²) in [5, 5.41) is 5.90. The van der Waals surface area contributed by atoms with Crippen LogP contribution in [0.25, 0.3) is 0 Å². The van der Waals surface area contributed by atoms with Crippen LogP contribution in [0.4, 0.5) is 17.5 Å². The van der Waals surface area contributed by atoms with E-state index in [-0.39, 0.29) is 18.4 Å². The third-order valence-corrected chi connectivity index (χ3v) is 5.14. The topological polar surface area (TPSA) is 103 Å². The molecule has 1 fully saturated rings. The second-order valence-electron chi connectivity index (χ2n) is 7.42. The van der Waals surface area contributed by atoms with Gasteiger partial charge in [0.2, 0.25) is 5.91 Å². The Kier molecular flexibility index (Phi) is 6.54. The number of nitrogens with zero attached hydrogens (tertiary/aromatic N) is 5. The van der Waals surface area contributed by atoms with Crippen LogP contribution in [0.5, 0.6) is 0 Å². The number of aryl methyl sites for hydroxylation is 1. The molecule has 2 aromatic heterocycles. The molecular formula is C23H25N7O2. The van der Waals surface area contributed by atoms with E-state index in [2.05, 4.69) is 30.5 Å². The molecule has 1 aromatic carbocycles. The lowest BCUT2D eigenvalue weighted by Crippen LogP contribution is -2.51. The SMILES string of the molecule is Cc1nc(Nc2ccccn2)cc(N2CCN(C(=O)CNC(=O)c3ccccc3)CC2)n1. The molecule has 4 rings (SSSR count). The summed E-state index contributed by atoms with van der Waals surface area (Å²) in [5.74, 6) is 2.51. The van der Waals surface area contributed by atoms with Gasteiger partial charge < -0.3 is 20.4 Å². The minimum atomic E-state index is -0.248. The maximum Gasteiger partial charge on any atom is 0.251 e. The van der Waals surface area contributed by atoms with Crippen LogP contribution in [0.15, 0.2) is 60.8 Å². The van der Waals surface area contributed by atoms with Crippen molar-refractivity contribution in [2.75, 3.05) is 42.9 Å². The smallest absolute Gasteiger partial charge is 0.251 e. The highest BCUT2D eigenvalue weighted by Crippen LogP contribution is 2.20. The minimum Gasteiger partial charge on any atom is -0.353 e. The van der Waals surface area contributed by atoms with Gasteiger partial charge in [-0.05, 0) is 31.2 Å². The van der Waals surface area contributed by atoms with Gasteiger partial charge >= 0.3 is 0 Å². The Morgan fingerprint density at radius 3 is 2.41 bits per heavy atom. The molecule has 0 bridgehead atoms. The molecule has 9 nitrogen and oxygen atoms in total. The fourth-order valence-corrected chi connectivity index (χ4v) is 3.49. The van der Waals surface area contributed by atoms with Crippen LogP contribution in [0.3, 0.4) is 0 Å². The zero-order valence-corrected chi connectivity index (χ0v) is 17.9. The van der Waals surface area contributed by atoms with Gasteiger partial charge in [-0.3, -0.25) is 9.59 Å². The number of nitrogens with one attached hydrogen (secondary N) is 2. The van der Waals surface area contributed by atoms with Crippen molar-refractivity contribution in [2.24, 2.45) is 0 Å². The summed E-state index contributed by atoms with van der Waals surface area (Å²) in [5.41, 5.74) is 0.541. The van der Waals surface area contributed by atoms with Gasteiger partial charge in [0.15, 0.2) is 0 Å². The summed E-state index contributed by atoms with van der Waals surface area (Å²) in [6.07, 6.45) is 1.72. The molecule has 3 aromatic rings. The molecule has 3 heterocycles. The van der Waals surface area contributed by atoms with E-state index in [1.54, 1.807) is 35.4 Å². The molecule has 0 unspecified atom stereocenters. The first-order valence-electron chi connectivity index (χ1n) is 10.5. The van der Waals surface area contributed by atoms with E-state index < -0.39 is 0 Å². The molecule has 1 aliphatic rings. The van der Waals surface area contributed by atoms with Crippen molar-refractivity contribution in [1.29, 1.82) is 0 Å². The Hall–Kier alpha value is -4.01. The van der Waals surface area contributed by atoms with Crippen LogP contribution in [0, 0.1) is 6.92 Å². The maximum absolute atomic E-state index is 12.5. The predicted molar refractivity (Wildman–Crippen MR) is 122 cm³/mol. The molecule has 0 saturated carbocycles. The lowest BCUT2D eigenvalue weighted by atomic mass is 10.2. The summed E-state index contributed by atoms with van der Waals surface area (Å²) in [7, 11) is 0. The lowest BCUT2D eigenvalue weighted by Gasteiger charge is -2.35. The largest absolute Gasteiger partial charge is 0.353 e. The van der Waals surface area contributed by atoms with E-state index in [4.69, 9.17) is 0 Å². The van der Waals surface area contributed by atoms with Gasteiger partial charge in [-0.25, -0.2) is 15.0 Å². The van der Waals surface area contributed by atoms with E-state index in [0.29, 0.717) is 49.2 Å². The molecule has 164 valence electrons. The normalized spacial score (nSPS) is 13.5. The average Bonchev–Trinajstić information content (AvgIpc) is 2.83. The molecule has 1 saturated heterocycles. The van der Waals surface area contributed by atoms with Crippen LogP contribution in [0.2, 0.25) is 0 Å². The number of piperazine rings is 1. The highest BCUT2D eigenvalue weighted by atomic mass is 16.2. The molecule has 0 spiro atoms. The first-order chi connectivity index (χ1) is 15.6. The van der Waals surface area contributed by atoms with Gasteiger partial charge in [-0.1, -0.05) is 24.3 Å². The van der Waals surface area contributed by atoms with Crippen LogP contribution < -0.4 is 15.5 Å². The number of amides is 2. The highest BCUT2D eigenvalue weighted by Gasteiger charge is 2.23. The van der Waals surface area contributed by atoms with Gasteiger partial charge in [-0.15, -0.1) is 0 Å². The molecule has 32 heavy (non-hydrogen) atoms. The molecule has 0 aliphatic carbocycles. The fourth-order valence-electron chi connectivity index (χ4n) is 3.49. The molecule has 9 heteroatoms. The number of benzene rings is 1. The van der Waals surface area contributed by atoms with Gasteiger partial charge in [0.25, 0.3) is 5.91 Å². The Morgan fingerprint density at radius 1 is 0.938 bits per heavy atom.